The zero-order valence-corrected chi connectivity index (χ0v) is 14.6. The van der Waals surface area contributed by atoms with E-state index in [0.29, 0.717) is 0 Å². The van der Waals surface area contributed by atoms with Crippen LogP contribution in [0.5, 0.6) is 0 Å². The minimum absolute atomic E-state index is 0.257. The summed E-state index contributed by atoms with van der Waals surface area (Å²) in [5.74, 6) is 0.257. The van der Waals surface area contributed by atoms with Gasteiger partial charge in [-0.15, -0.1) is 0 Å². The van der Waals surface area contributed by atoms with E-state index in [-0.39, 0.29) is 5.76 Å². The van der Waals surface area contributed by atoms with Crippen molar-refractivity contribution in [3.63, 3.8) is 0 Å². The maximum atomic E-state index is 12.9. The minimum Gasteiger partial charge on any atom is -0.404 e. The molecule has 0 heterocycles. The first-order valence-corrected chi connectivity index (χ1v) is 8.32. The van der Waals surface area contributed by atoms with Gasteiger partial charge in [0.25, 0.3) is 0 Å². The normalized spacial score (nSPS) is 13.0. The molecular weight excluding hydrogens is 287 g/mol. The van der Waals surface area contributed by atoms with Gasteiger partial charge in [-0.2, -0.15) is 0 Å². The predicted octanol–water partition coefficient (Wildman–Crippen LogP) is 5.41. The van der Waals surface area contributed by atoms with Gasteiger partial charge in [-0.1, -0.05) is 36.9 Å². The largest absolute Gasteiger partial charge is 0.531 e. The lowest BCUT2D eigenvalue weighted by Crippen LogP contribution is -2.24. The highest BCUT2D eigenvalue weighted by Crippen LogP contribution is 2.57. The van der Waals surface area contributed by atoms with Crippen LogP contribution < -0.4 is 0 Å². The molecule has 1 aromatic carbocycles. The number of hydrogen-bond donors (Lipinski definition) is 0. The average Bonchev–Trinajstić information content (AvgIpc) is 2.24. The molecule has 4 nitrogen and oxygen atoms in total. The Morgan fingerprint density at radius 3 is 1.76 bits per heavy atom. The third kappa shape index (κ3) is 6.94. The van der Waals surface area contributed by atoms with Crippen LogP contribution in [0, 0.1) is 0 Å². The van der Waals surface area contributed by atoms with Gasteiger partial charge in [0.05, 0.1) is 11.2 Å². The van der Waals surface area contributed by atoms with E-state index < -0.39 is 19.0 Å². The highest BCUT2D eigenvalue weighted by atomic mass is 31.2. The van der Waals surface area contributed by atoms with Crippen LogP contribution in [0.1, 0.15) is 47.1 Å². The molecule has 1 aromatic rings. The Morgan fingerprint density at radius 2 is 1.38 bits per heavy atom. The van der Waals surface area contributed by atoms with E-state index in [1.807, 2.05) is 30.3 Å². The van der Waals surface area contributed by atoms with Crippen molar-refractivity contribution in [3.05, 3.63) is 42.5 Å². The first kappa shape index (κ1) is 18.0. The fourth-order valence-corrected chi connectivity index (χ4v) is 3.37. The quantitative estimate of drug-likeness (QED) is 0.538. The standard InChI is InChI=1S/C16H25O4P/c1-13(14-11-9-8-10-12-14)18-21(17,19-15(2,3)4)20-16(5,6)7/h8-12H,1H2,2-7H3. The van der Waals surface area contributed by atoms with Crippen molar-refractivity contribution >= 4 is 13.6 Å². The van der Waals surface area contributed by atoms with Crippen LogP contribution in [0.4, 0.5) is 0 Å². The Balaban J connectivity index is 2.98. The first-order chi connectivity index (χ1) is 9.40. The molecule has 0 saturated heterocycles. The van der Waals surface area contributed by atoms with Gasteiger partial charge in [0.2, 0.25) is 0 Å². The van der Waals surface area contributed by atoms with E-state index in [9.17, 15) is 4.57 Å². The van der Waals surface area contributed by atoms with E-state index in [2.05, 4.69) is 6.58 Å². The van der Waals surface area contributed by atoms with E-state index in [4.69, 9.17) is 13.6 Å². The fraction of sp³-hybridized carbons (Fsp3) is 0.500. The maximum absolute atomic E-state index is 12.9. The molecule has 0 radical (unpaired) electrons. The minimum atomic E-state index is -3.78. The van der Waals surface area contributed by atoms with Crippen molar-refractivity contribution in [2.45, 2.75) is 52.7 Å². The summed E-state index contributed by atoms with van der Waals surface area (Å²) in [5, 5.41) is 0. The Labute approximate surface area is 127 Å². The first-order valence-electron chi connectivity index (χ1n) is 6.86. The molecule has 21 heavy (non-hydrogen) atoms. The number of hydrogen-bond acceptors (Lipinski definition) is 4. The summed E-state index contributed by atoms with van der Waals surface area (Å²) in [6.07, 6.45) is 0. The summed E-state index contributed by atoms with van der Waals surface area (Å²) in [4.78, 5) is 0. The van der Waals surface area contributed by atoms with Gasteiger partial charge >= 0.3 is 7.82 Å². The van der Waals surface area contributed by atoms with Crippen LogP contribution in [0.15, 0.2) is 36.9 Å². The van der Waals surface area contributed by atoms with Gasteiger partial charge in [0.1, 0.15) is 5.76 Å². The second kappa shape index (κ2) is 6.35. The number of phosphoric acid groups is 1. The summed E-state index contributed by atoms with van der Waals surface area (Å²) in [5.41, 5.74) is -0.608. The van der Waals surface area contributed by atoms with Crippen LogP contribution in [0.25, 0.3) is 5.76 Å². The Bertz CT molecular complexity index is 503. The van der Waals surface area contributed by atoms with Crippen molar-refractivity contribution in [1.82, 2.24) is 0 Å². The Morgan fingerprint density at radius 1 is 0.952 bits per heavy atom. The predicted molar refractivity (Wildman–Crippen MR) is 85.8 cm³/mol. The average molecular weight is 312 g/mol. The Hall–Kier alpha value is -1.09. The molecule has 0 aliphatic rings. The molecule has 0 saturated carbocycles. The zero-order valence-electron chi connectivity index (χ0n) is 13.7. The molecule has 0 amide bonds. The van der Waals surface area contributed by atoms with Crippen LogP contribution in [-0.4, -0.2) is 11.2 Å². The molecule has 0 spiro atoms. The number of rotatable bonds is 5. The summed E-state index contributed by atoms with van der Waals surface area (Å²) in [6.45, 7) is 14.6. The van der Waals surface area contributed by atoms with Crippen molar-refractivity contribution in [2.24, 2.45) is 0 Å². The second-order valence-corrected chi connectivity index (χ2v) is 8.18. The Kier molecular flexibility index (Phi) is 5.43. The van der Waals surface area contributed by atoms with Gasteiger partial charge in [0.15, 0.2) is 0 Å². The third-order valence-electron chi connectivity index (χ3n) is 2.09. The van der Waals surface area contributed by atoms with Crippen LogP contribution in [-0.2, 0) is 18.1 Å². The zero-order chi connectivity index (χ0) is 16.3. The molecule has 0 unspecified atom stereocenters. The monoisotopic (exact) mass is 312 g/mol. The molecule has 5 heteroatoms. The molecule has 0 aliphatic carbocycles. The maximum Gasteiger partial charge on any atom is 0.531 e. The van der Waals surface area contributed by atoms with E-state index in [1.165, 1.54) is 0 Å². The van der Waals surface area contributed by atoms with Gasteiger partial charge in [-0.3, -0.25) is 9.05 Å². The topological polar surface area (TPSA) is 44.8 Å². The third-order valence-corrected chi connectivity index (χ3v) is 4.08. The summed E-state index contributed by atoms with van der Waals surface area (Å²) < 4.78 is 29.5. The van der Waals surface area contributed by atoms with E-state index >= 15 is 0 Å². The molecule has 0 fully saturated rings. The van der Waals surface area contributed by atoms with Crippen LogP contribution in [0.3, 0.4) is 0 Å². The number of phosphoric ester groups is 1. The summed E-state index contributed by atoms with van der Waals surface area (Å²) in [6, 6.07) is 9.23. The van der Waals surface area contributed by atoms with Gasteiger partial charge < -0.3 is 4.52 Å². The van der Waals surface area contributed by atoms with Crippen molar-refractivity contribution in [1.29, 1.82) is 0 Å². The molecule has 0 atom stereocenters. The lowest BCUT2D eigenvalue weighted by atomic mass is 10.2. The summed E-state index contributed by atoms with van der Waals surface area (Å²) in [7, 11) is -3.78. The molecule has 0 bridgehead atoms. The van der Waals surface area contributed by atoms with Crippen molar-refractivity contribution < 1.29 is 18.1 Å². The van der Waals surface area contributed by atoms with Gasteiger partial charge in [-0.25, -0.2) is 4.57 Å². The number of benzene rings is 1. The smallest absolute Gasteiger partial charge is 0.404 e. The van der Waals surface area contributed by atoms with Crippen molar-refractivity contribution in [2.75, 3.05) is 0 Å². The highest BCUT2D eigenvalue weighted by molar-refractivity contribution is 7.48. The van der Waals surface area contributed by atoms with Gasteiger partial charge in [-0.05, 0) is 41.5 Å². The second-order valence-electron chi connectivity index (χ2n) is 6.74. The molecule has 0 aromatic heterocycles. The molecule has 1 rings (SSSR count). The molecule has 0 aliphatic heterocycles. The van der Waals surface area contributed by atoms with E-state index in [1.54, 1.807) is 41.5 Å². The van der Waals surface area contributed by atoms with Crippen molar-refractivity contribution in [3.8, 4) is 0 Å². The lowest BCUT2D eigenvalue weighted by Gasteiger charge is -2.31. The SMILES string of the molecule is C=C(OP(=O)(OC(C)(C)C)OC(C)(C)C)c1ccccc1. The molecular formula is C16H25O4P. The van der Waals surface area contributed by atoms with Gasteiger partial charge in [0, 0.05) is 5.56 Å². The fourth-order valence-electron chi connectivity index (χ4n) is 1.54. The van der Waals surface area contributed by atoms with Crippen LogP contribution >= 0.6 is 7.82 Å². The molecule has 0 N–H and O–H groups in total. The van der Waals surface area contributed by atoms with E-state index in [0.717, 1.165) is 5.56 Å². The summed E-state index contributed by atoms with van der Waals surface area (Å²) >= 11 is 0. The highest BCUT2D eigenvalue weighted by Gasteiger charge is 2.39. The lowest BCUT2D eigenvalue weighted by molar-refractivity contribution is 0.0186. The molecule has 118 valence electrons. The van der Waals surface area contributed by atoms with Crippen LogP contribution in [0.2, 0.25) is 0 Å².